The molecule has 0 amide bonds. The summed E-state index contributed by atoms with van der Waals surface area (Å²) in [5.74, 6) is -6.12. The van der Waals surface area contributed by atoms with Gasteiger partial charge in [-0.05, 0) is 25.1 Å². The number of methoxy groups -OCH3 is 1. The molecule has 17 heavy (non-hydrogen) atoms. The van der Waals surface area contributed by atoms with Gasteiger partial charge in [0, 0.05) is 0 Å². The maximum atomic E-state index is 13.7. The molecule has 0 bridgehead atoms. The highest BCUT2D eigenvalue weighted by atomic mass is 19.3. The number of carbonyl (C=O) groups is 1. The van der Waals surface area contributed by atoms with Gasteiger partial charge in [-0.3, -0.25) is 0 Å². The Kier molecular flexibility index (Phi) is 3.88. The number of phenolic OH excluding ortho intramolecular Hbond substituents is 1. The largest absolute Gasteiger partial charge is 0.508 e. The second kappa shape index (κ2) is 4.99. The van der Waals surface area contributed by atoms with Crippen LogP contribution in [0.3, 0.4) is 0 Å². The fourth-order valence-electron chi connectivity index (χ4n) is 1.27. The van der Waals surface area contributed by atoms with E-state index in [1.807, 2.05) is 0 Å². The molecule has 0 saturated heterocycles. The molecule has 0 radical (unpaired) electrons. The molecule has 0 unspecified atom stereocenters. The Morgan fingerprint density at radius 3 is 2.65 bits per heavy atom. The summed E-state index contributed by atoms with van der Waals surface area (Å²) >= 11 is 0. The van der Waals surface area contributed by atoms with E-state index in [-0.39, 0.29) is 18.1 Å². The number of hydrogen-bond acceptors (Lipinski definition) is 4. The number of hydrogen-bond donors (Lipinski definition) is 1. The number of halogens is 2. The van der Waals surface area contributed by atoms with E-state index < -0.39 is 17.5 Å². The summed E-state index contributed by atoms with van der Waals surface area (Å²) in [6, 6.07) is 3.11. The number of carbonyl (C=O) groups excluding carboxylic acids is 1. The summed E-state index contributed by atoms with van der Waals surface area (Å²) in [6.07, 6.45) is 0. The quantitative estimate of drug-likeness (QED) is 0.826. The summed E-state index contributed by atoms with van der Waals surface area (Å²) in [6.45, 7) is 1.27. The zero-order chi connectivity index (χ0) is 13.1. The zero-order valence-electron chi connectivity index (χ0n) is 9.37. The summed E-state index contributed by atoms with van der Waals surface area (Å²) in [7, 11) is 1.19. The molecule has 94 valence electrons. The lowest BCUT2D eigenvalue weighted by atomic mass is 10.1. The Balaban J connectivity index is 3.21. The van der Waals surface area contributed by atoms with Crippen LogP contribution < -0.4 is 4.74 Å². The van der Waals surface area contributed by atoms with E-state index >= 15 is 0 Å². The first-order valence-electron chi connectivity index (χ1n) is 4.86. The number of ether oxygens (including phenoxy) is 2. The first-order chi connectivity index (χ1) is 7.93. The Bertz CT molecular complexity index is 418. The molecule has 0 spiro atoms. The number of esters is 1. The highest BCUT2D eigenvalue weighted by molar-refractivity contribution is 5.80. The number of phenols is 1. The molecule has 1 N–H and O–H groups in total. The van der Waals surface area contributed by atoms with Gasteiger partial charge in [0.05, 0.1) is 19.3 Å². The molecule has 0 fully saturated rings. The van der Waals surface area contributed by atoms with Crippen LogP contribution in [0.1, 0.15) is 12.5 Å². The van der Waals surface area contributed by atoms with Gasteiger partial charge in [-0.1, -0.05) is 0 Å². The summed E-state index contributed by atoms with van der Waals surface area (Å²) < 4.78 is 36.4. The number of alkyl halides is 2. The first kappa shape index (κ1) is 13.2. The lowest BCUT2D eigenvalue weighted by molar-refractivity contribution is -0.173. The van der Waals surface area contributed by atoms with Gasteiger partial charge < -0.3 is 14.6 Å². The van der Waals surface area contributed by atoms with E-state index in [0.717, 1.165) is 12.1 Å². The molecule has 6 heteroatoms. The molecular formula is C11H12F2O4. The lowest BCUT2D eigenvalue weighted by Gasteiger charge is -2.17. The van der Waals surface area contributed by atoms with Gasteiger partial charge in [0.2, 0.25) is 0 Å². The van der Waals surface area contributed by atoms with E-state index in [0.29, 0.717) is 0 Å². The van der Waals surface area contributed by atoms with Crippen molar-refractivity contribution in [2.45, 2.75) is 12.8 Å². The van der Waals surface area contributed by atoms with Gasteiger partial charge in [-0.2, -0.15) is 8.78 Å². The van der Waals surface area contributed by atoms with Gasteiger partial charge in [0.15, 0.2) is 0 Å². The molecule has 4 nitrogen and oxygen atoms in total. The predicted molar refractivity (Wildman–Crippen MR) is 55.2 cm³/mol. The standard InChI is InChI=1S/C11H12F2O4/c1-3-17-10(15)11(12,13)8-6-7(14)4-5-9(8)16-2/h4-6,14H,3H2,1-2H3. The monoisotopic (exact) mass is 246 g/mol. The minimum absolute atomic E-state index is 0.157. The van der Waals surface area contributed by atoms with Crippen LogP contribution in [-0.4, -0.2) is 24.8 Å². The molecule has 0 saturated carbocycles. The third kappa shape index (κ3) is 2.64. The third-order valence-electron chi connectivity index (χ3n) is 2.05. The van der Waals surface area contributed by atoms with Crippen LogP contribution >= 0.6 is 0 Å². The van der Waals surface area contributed by atoms with Crippen LogP contribution in [0.4, 0.5) is 8.78 Å². The topological polar surface area (TPSA) is 55.8 Å². The summed E-state index contributed by atoms with van der Waals surface area (Å²) in [4.78, 5) is 11.1. The maximum absolute atomic E-state index is 13.7. The molecule has 0 aromatic heterocycles. The average Bonchev–Trinajstić information content (AvgIpc) is 2.29. The molecule has 0 heterocycles. The molecule has 0 aliphatic rings. The van der Waals surface area contributed by atoms with Gasteiger partial charge in [0.25, 0.3) is 0 Å². The maximum Gasteiger partial charge on any atom is 0.382 e. The molecule has 1 aromatic rings. The number of rotatable bonds is 4. The number of benzene rings is 1. The minimum Gasteiger partial charge on any atom is -0.508 e. The zero-order valence-corrected chi connectivity index (χ0v) is 9.37. The molecular weight excluding hydrogens is 234 g/mol. The second-order valence-electron chi connectivity index (χ2n) is 3.18. The van der Waals surface area contributed by atoms with Crippen molar-refractivity contribution in [3.63, 3.8) is 0 Å². The van der Waals surface area contributed by atoms with Crippen molar-refractivity contribution in [2.75, 3.05) is 13.7 Å². The minimum atomic E-state index is -3.86. The lowest BCUT2D eigenvalue weighted by Crippen LogP contribution is -2.28. The van der Waals surface area contributed by atoms with Crippen molar-refractivity contribution in [1.82, 2.24) is 0 Å². The van der Waals surface area contributed by atoms with Crippen molar-refractivity contribution in [2.24, 2.45) is 0 Å². The van der Waals surface area contributed by atoms with Crippen LogP contribution in [0.25, 0.3) is 0 Å². The molecule has 0 atom stereocenters. The Hall–Kier alpha value is -1.85. The summed E-state index contributed by atoms with van der Waals surface area (Å²) in [5, 5.41) is 9.17. The molecule has 0 aliphatic carbocycles. The molecule has 1 aromatic carbocycles. The smallest absolute Gasteiger partial charge is 0.382 e. The second-order valence-corrected chi connectivity index (χ2v) is 3.18. The van der Waals surface area contributed by atoms with Crippen LogP contribution in [0.15, 0.2) is 18.2 Å². The van der Waals surface area contributed by atoms with Crippen molar-refractivity contribution in [1.29, 1.82) is 0 Å². The van der Waals surface area contributed by atoms with Crippen molar-refractivity contribution >= 4 is 5.97 Å². The van der Waals surface area contributed by atoms with Crippen molar-refractivity contribution in [3.8, 4) is 11.5 Å². The first-order valence-corrected chi connectivity index (χ1v) is 4.86. The number of aromatic hydroxyl groups is 1. The van der Waals surface area contributed by atoms with Crippen LogP contribution in [-0.2, 0) is 15.5 Å². The van der Waals surface area contributed by atoms with E-state index in [4.69, 9.17) is 9.84 Å². The Morgan fingerprint density at radius 2 is 2.12 bits per heavy atom. The molecule has 0 aliphatic heterocycles. The summed E-state index contributed by atoms with van der Waals surface area (Å²) in [5.41, 5.74) is -0.724. The molecule has 1 rings (SSSR count). The van der Waals surface area contributed by atoms with Crippen molar-refractivity contribution in [3.05, 3.63) is 23.8 Å². The highest BCUT2D eigenvalue weighted by Crippen LogP contribution is 2.37. The van der Waals surface area contributed by atoms with Crippen molar-refractivity contribution < 1.29 is 28.2 Å². The van der Waals surface area contributed by atoms with E-state index in [1.165, 1.54) is 20.1 Å². The predicted octanol–water partition coefficient (Wildman–Crippen LogP) is 2.06. The van der Waals surface area contributed by atoms with E-state index in [1.54, 1.807) is 0 Å². The van der Waals surface area contributed by atoms with Gasteiger partial charge in [-0.25, -0.2) is 4.79 Å². The fraction of sp³-hybridized carbons (Fsp3) is 0.364. The van der Waals surface area contributed by atoms with Crippen LogP contribution in [0, 0.1) is 0 Å². The normalized spacial score (nSPS) is 11.1. The third-order valence-corrected chi connectivity index (χ3v) is 2.05. The average molecular weight is 246 g/mol. The highest BCUT2D eigenvalue weighted by Gasteiger charge is 2.45. The van der Waals surface area contributed by atoms with E-state index in [2.05, 4.69) is 4.74 Å². The Labute approximate surface area is 96.8 Å². The Morgan fingerprint density at radius 1 is 1.47 bits per heavy atom. The fourth-order valence-corrected chi connectivity index (χ4v) is 1.27. The van der Waals surface area contributed by atoms with Crippen LogP contribution in [0.2, 0.25) is 0 Å². The van der Waals surface area contributed by atoms with E-state index in [9.17, 15) is 13.6 Å². The van der Waals surface area contributed by atoms with Gasteiger partial charge >= 0.3 is 11.9 Å². The van der Waals surface area contributed by atoms with Crippen LogP contribution in [0.5, 0.6) is 11.5 Å². The SMILES string of the molecule is CCOC(=O)C(F)(F)c1cc(O)ccc1OC. The van der Waals surface area contributed by atoms with Gasteiger partial charge in [0.1, 0.15) is 11.5 Å². The van der Waals surface area contributed by atoms with Gasteiger partial charge in [-0.15, -0.1) is 0 Å².